The molecule has 1 atom stereocenters. The van der Waals surface area contributed by atoms with Gasteiger partial charge in [-0.3, -0.25) is 4.90 Å². The first-order valence-corrected chi connectivity index (χ1v) is 5.98. The van der Waals surface area contributed by atoms with Crippen molar-refractivity contribution in [3.8, 4) is 0 Å². The molecule has 0 aromatic carbocycles. The van der Waals surface area contributed by atoms with Gasteiger partial charge in [0.1, 0.15) is 0 Å². The van der Waals surface area contributed by atoms with Gasteiger partial charge in [0.2, 0.25) is 0 Å². The number of halogens is 2. The average Bonchev–Trinajstić information content (AvgIpc) is 2.18. The zero-order chi connectivity index (χ0) is 9.68. The van der Waals surface area contributed by atoms with Crippen molar-refractivity contribution >= 4 is 27.5 Å². The monoisotopic (exact) mass is 267 g/mol. The standard InChI is InChI=1S/C9H15BrClNO/c1-8(5-11)6-12-2-3-13-9(4-10)7-12/h5,9H,2-4,6-7H2,1H3. The fraction of sp³-hybridized carbons (Fsp3) is 0.778. The molecule has 0 aromatic heterocycles. The summed E-state index contributed by atoms with van der Waals surface area (Å²) < 4.78 is 5.53. The second-order valence-electron chi connectivity index (χ2n) is 3.34. The quantitative estimate of drug-likeness (QED) is 0.728. The SMILES string of the molecule is CC(=CCl)CN1CCOC(CBr)C1. The molecule has 13 heavy (non-hydrogen) atoms. The van der Waals surface area contributed by atoms with Crippen LogP contribution in [0.25, 0.3) is 0 Å². The van der Waals surface area contributed by atoms with Crippen molar-refractivity contribution in [2.45, 2.75) is 13.0 Å². The number of rotatable bonds is 3. The molecule has 0 aliphatic carbocycles. The minimum atomic E-state index is 0.330. The van der Waals surface area contributed by atoms with Crippen molar-refractivity contribution in [2.24, 2.45) is 0 Å². The van der Waals surface area contributed by atoms with E-state index in [2.05, 4.69) is 20.8 Å². The maximum atomic E-state index is 5.61. The third kappa shape index (κ3) is 3.98. The smallest absolute Gasteiger partial charge is 0.0799 e. The Morgan fingerprint density at radius 2 is 2.54 bits per heavy atom. The van der Waals surface area contributed by atoms with Gasteiger partial charge in [0.25, 0.3) is 0 Å². The van der Waals surface area contributed by atoms with E-state index in [1.165, 1.54) is 5.57 Å². The topological polar surface area (TPSA) is 12.5 Å². The van der Waals surface area contributed by atoms with Crippen molar-refractivity contribution < 1.29 is 4.74 Å². The number of hydrogen-bond donors (Lipinski definition) is 0. The third-order valence-electron chi connectivity index (χ3n) is 2.05. The molecule has 1 saturated heterocycles. The average molecular weight is 269 g/mol. The van der Waals surface area contributed by atoms with E-state index in [1.54, 1.807) is 5.54 Å². The lowest BCUT2D eigenvalue weighted by atomic mass is 10.2. The molecule has 1 aliphatic heterocycles. The van der Waals surface area contributed by atoms with Crippen LogP contribution >= 0.6 is 27.5 Å². The molecule has 1 heterocycles. The molecule has 1 aliphatic rings. The number of morpholine rings is 1. The molecule has 0 N–H and O–H groups in total. The van der Waals surface area contributed by atoms with E-state index in [9.17, 15) is 0 Å². The van der Waals surface area contributed by atoms with Crippen LogP contribution in [0.5, 0.6) is 0 Å². The zero-order valence-corrected chi connectivity index (χ0v) is 10.1. The minimum absolute atomic E-state index is 0.330. The highest BCUT2D eigenvalue weighted by molar-refractivity contribution is 9.09. The van der Waals surface area contributed by atoms with Gasteiger partial charge in [-0.2, -0.15) is 0 Å². The predicted molar refractivity (Wildman–Crippen MR) is 59.6 cm³/mol. The minimum Gasteiger partial charge on any atom is -0.375 e. The van der Waals surface area contributed by atoms with Crippen LogP contribution < -0.4 is 0 Å². The van der Waals surface area contributed by atoms with Crippen molar-refractivity contribution in [1.29, 1.82) is 0 Å². The molecule has 0 spiro atoms. The first-order chi connectivity index (χ1) is 6.26. The fourth-order valence-electron chi connectivity index (χ4n) is 1.40. The van der Waals surface area contributed by atoms with Crippen molar-refractivity contribution in [3.63, 3.8) is 0 Å². The molecule has 0 amide bonds. The molecule has 76 valence electrons. The molecule has 0 radical (unpaired) electrons. The molecule has 0 saturated carbocycles. The van der Waals surface area contributed by atoms with Gasteiger partial charge in [0.05, 0.1) is 12.7 Å². The van der Waals surface area contributed by atoms with Gasteiger partial charge >= 0.3 is 0 Å². The molecule has 0 bridgehead atoms. The van der Waals surface area contributed by atoms with Crippen molar-refractivity contribution in [2.75, 3.05) is 31.6 Å². The first kappa shape index (κ1) is 11.5. The molecular weight excluding hydrogens is 253 g/mol. The summed E-state index contributed by atoms with van der Waals surface area (Å²) >= 11 is 9.04. The van der Waals surface area contributed by atoms with E-state index in [1.807, 2.05) is 6.92 Å². The molecular formula is C9H15BrClNO. The molecule has 1 unspecified atom stereocenters. The summed E-state index contributed by atoms with van der Waals surface area (Å²) in [6.45, 7) is 5.83. The molecule has 2 nitrogen and oxygen atoms in total. The highest BCUT2D eigenvalue weighted by atomic mass is 79.9. The fourth-order valence-corrected chi connectivity index (χ4v) is 1.87. The van der Waals surface area contributed by atoms with Crippen LogP contribution in [-0.4, -0.2) is 42.6 Å². The Balaban J connectivity index is 2.34. The Bertz CT molecular complexity index is 186. The van der Waals surface area contributed by atoms with Crippen LogP contribution in [0.15, 0.2) is 11.1 Å². The summed E-state index contributed by atoms with van der Waals surface area (Å²) in [6.07, 6.45) is 0.330. The van der Waals surface area contributed by atoms with E-state index in [4.69, 9.17) is 16.3 Å². The summed E-state index contributed by atoms with van der Waals surface area (Å²) in [5, 5.41) is 0.910. The Kier molecular flexibility index (Phi) is 5.32. The zero-order valence-electron chi connectivity index (χ0n) is 7.80. The molecule has 1 fully saturated rings. The van der Waals surface area contributed by atoms with Crippen LogP contribution in [0, 0.1) is 0 Å². The van der Waals surface area contributed by atoms with Gasteiger partial charge < -0.3 is 4.74 Å². The number of ether oxygens (including phenoxy) is 1. The molecule has 1 rings (SSSR count). The summed E-state index contributed by atoms with van der Waals surface area (Å²) in [4.78, 5) is 2.36. The van der Waals surface area contributed by atoms with Gasteiger partial charge in [-0.05, 0) is 12.5 Å². The summed E-state index contributed by atoms with van der Waals surface area (Å²) in [5.74, 6) is 0. The Hall–Kier alpha value is 0.430. The highest BCUT2D eigenvalue weighted by Gasteiger charge is 2.18. The first-order valence-electron chi connectivity index (χ1n) is 4.42. The summed E-state index contributed by atoms with van der Waals surface area (Å²) in [7, 11) is 0. The number of alkyl halides is 1. The normalized spacial score (nSPS) is 26.4. The third-order valence-corrected chi connectivity index (χ3v) is 3.15. The van der Waals surface area contributed by atoms with Crippen LogP contribution in [-0.2, 0) is 4.74 Å². The second kappa shape index (κ2) is 6.02. The van der Waals surface area contributed by atoms with Crippen LogP contribution in [0.3, 0.4) is 0 Å². The van der Waals surface area contributed by atoms with Gasteiger partial charge in [-0.1, -0.05) is 27.5 Å². The van der Waals surface area contributed by atoms with E-state index < -0.39 is 0 Å². The van der Waals surface area contributed by atoms with Gasteiger partial charge in [0, 0.05) is 30.5 Å². The second-order valence-corrected chi connectivity index (χ2v) is 4.20. The molecule has 0 aromatic rings. The largest absolute Gasteiger partial charge is 0.375 e. The number of nitrogens with zero attached hydrogens (tertiary/aromatic N) is 1. The summed E-state index contributed by atoms with van der Waals surface area (Å²) in [5.41, 5.74) is 2.86. The van der Waals surface area contributed by atoms with Gasteiger partial charge in [0.15, 0.2) is 0 Å². The van der Waals surface area contributed by atoms with E-state index in [-0.39, 0.29) is 0 Å². The Morgan fingerprint density at radius 3 is 3.15 bits per heavy atom. The highest BCUT2D eigenvalue weighted by Crippen LogP contribution is 2.09. The predicted octanol–water partition coefficient (Wildman–Crippen LogP) is 2.22. The van der Waals surface area contributed by atoms with Crippen LogP contribution in [0.2, 0.25) is 0 Å². The van der Waals surface area contributed by atoms with Crippen molar-refractivity contribution in [1.82, 2.24) is 4.90 Å². The lowest BCUT2D eigenvalue weighted by Crippen LogP contribution is -2.43. The van der Waals surface area contributed by atoms with E-state index >= 15 is 0 Å². The molecule has 4 heteroatoms. The van der Waals surface area contributed by atoms with Crippen LogP contribution in [0.4, 0.5) is 0 Å². The lowest BCUT2D eigenvalue weighted by Gasteiger charge is -2.32. The summed E-state index contributed by atoms with van der Waals surface area (Å²) in [6, 6.07) is 0. The number of hydrogen-bond acceptors (Lipinski definition) is 2. The van der Waals surface area contributed by atoms with Gasteiger partial charge in [-0.15, -0.1) is 0 Å². The maximum absolute atomic E-state index is 5.61. The van der Waals surface area contributed by atoms with Gasteiger partial charge in [-0.25, -0.2) is 0 Å². The Morgan fingerprint density at radius 1 is 1.77 bits per heavy atom. The van der Waals surface area contributed by atoms with E-state index in [0.29, 0.717) is 6.10 Å². The maximum Gasteiger partial charge on any atom is 0.0799 e. The Labute approximate surface area is 93.0 Å². The van der Waals surface area contributed by atoms with E-state index in [0.717, 1.165) is 31.6 Å². The van der Waals surface area contributed by atoms with Crippen LogP contribution in [0.1, 0.15) is 6.92 Å². The van der Waals surface area contributed by atoms with Crippen molar-refractivity contribution in [3.05, 3.63) is 11.1 Å². The lowest BCUT2D eigenvalue weighted by molar-refractivity contribution is -0.0116.